The zero-order valence-electron chi connectivity index (χ0n) is 8.90. The second kappa shape index (κ2) is 4.51. The number of carbonyl (C=O) groups is 1. The first-order valence-corrected chi connectivity index (χ1v) is 5.35. The van der Waals surface area contributed by atoms with Crippen molar-refractivity contribution in [3.8, 4) is 0 Å². The topological polar surface area (TPSA) is 40.5 Å². The predicted octanol–water partition coefficient (Wildman–Crippen LogP) is 1.86. The van der Waals surface area contributed by atoms with Gasteiger partial charge in [-0.3, -0.25) is 4.79 Å². The molecule has 2 rings (SSSR count). The summed E-state index contributed by atoms with van der Waals surface area (Å²) in [6.45, 7) is 0.947. The maximum Gasteiger partial charge on any atom is 0.306 e. The molecule has 0 radical (unpaired) electrons. The van der Waals surface area contributed by atoms with Gasteiger partial charge in [0.05, 0.1) is 6.42 Å². The van der Waals surface area contributed by atoms with Gasteiger partial charge in [-0.1, -0.05) is 18.2 Å². The number of rotatable bonds is 4. The Labute approximate surface area is 93.5 Å². The summed E-state index contributed by atoms with van der Waals surface area (Å²) in [5.41, 5.74) is 2.25. The van der Waals surface area contributed by atoms with Crippen LogP contribution in [0.25, 0.3) is 0 Å². The van der Waals surface area contributed by atoms with E-state index in [1.165, 1.54) is 5.56 Å². The van der Waals surface area contributed by atoms with Crippen molar-refractivity contribution in [1.82, 2.24) is 0 Å². The van der Waals surface area contributed by atoms with Crippen molar-refractivity contribution >= 4 is 11.7 Å². The number of nitrogens with zero attached hydrogens (tertiary/aromatic N) is 1. The van der Waals surface area contributed by atoms with Crippen molar-refractivity contribution in [3.63, 3.8) is 0 Å². The molecule has 3 nitrogen and oxygen atoms in total. The largest absolute Gasteiger partial charge is 0.481 e. The molecule has 1 aromatic carbocycles. The highest BCUT2D eigenvalue weighted by molar-refractivity contribution is 5.67. The zero-order chi connectivity index (χ0) is 11.5. The van der Waals surface area contributed by atoms with Crippen LogP contribution in [0.2, 0.25) is 0 Å². The van der Waals surface area contributed by atoms with E-state index in [9.17, 15) is 9.18 Å². The third-order valence-corrected chi connectivity index (χ3v) is 2.80. The Hall–Kier alpha value is -1.58. The van der Waals surface area contributed by atoms with Crippen molar-refractivity contribution in [2.24, 2.45) is 0 Å². The van der Waals surface area contributed by atoms with Gasteiger partial charge in [-0.25, -0.2) is 4.39 Å². The molecule has 0 aromatic heterocycles. The molecule has 0 fully saturated rings. The summed E-state index contributed by atoms with van der Waals surface area (Å²) in [7, 11) is 0. The number of hydrogen-bond acceptors (Lipinski definition) is 2. The third kappa shape index (κ3) is 2.32. The maximum absolute atomic E-state index is 13.4. The molecule has 16 heavy (non-hydrogen) atoms. The van der Waals surface area contributed by atoms with E-state index in [1.54, 1.807) is 0 Å². The number of aliphatic carboxylic acids is 1. The van der Waals surface area contributed by atoms with E-state index in [-0.39, 0.29) is 6.54 Å². The number of anilines is 1. The lowest BCUT2D eigenvalue weighted by Gasteiger charge is -2.20. The second-order valence-corrected chi connectivity index (χ2v) is 4.02. The summed E-state index contributed by atoms with van der Waals surface area (Å²) in [5.74, 6) is -1.08. The van der Waals surface area contributed by atoms with Crippen LogP contribution in [0.5, 0.6) is 0 Å². The molecule has 1 aromatic rings. The molecule has 86 valence electrons. The van der Waals surface area contributed by atoms with Crippen LogP contribution >= 0.6 is 0 Å². The molecule has 0 spiro atoms. The molecule has 1 N–H and O–H groups in total. The van der Waals surface area contributed by atoms with Gasteiger partial charge in [0.25, 0.3) is 0 Å². The first-order valence-electron chi connectivity index (χ1n) is 5.35. The molecule has 1 aliphatic rings. The van der Waals surface area contributed by atoms with E-state index in [2.05, 4.69) is 0 Å². The van der Waals surface area contributed by atoms with Crippen LogP contribution in [0.4, 0.5) is 10.1 Å². The van der Waals surface area contributed by atoms with E-state index in [4.69, 9.17) is 5.11 Å². The lowest BCUT2D eigenvalue weighted by atomic mass is 10.2. The Balaban J connectivity index is 2.00. The predicted molar refractivity (Wildman–Crippen MR) is 59.5 cm³/mol. The Morgan fingerprint density at radius 2 is 2.25 bits per heavy atom. The van der Waals surface area contributed by atoms with Crippen LogP contribution in [-0.4, -0.2) is 30.3 Å². The molecule has 1 atom stereocenters. The van der Waals surface area contributed by atoms with Gasteiger partial charge < -0.3 is 10.0 Å². The van der Waals surface area contributed by atoms with Gasteiger partial charge in [-0.2, -0.15) is 0 Å². The average Bonchev–Trinajstić information content (AvgIpc) is 2.61. The van der Waals surface area contributed by atoms with E-state index in [0.717, 1.165) is 18.7 Å². The molecule has 1 aliphatic heterocycles. The smallest absolute Gasteiger partial charge is 0.306 e. The monoisotopic (exact) mass is 223 g/mol. The first-order chi connectivity index (χ1) is 7.66. The van der Waals surface area contributed by atoms with Gasteiger partial charge in [-0.15, -0.1) is 0 Å². The standard InChI is InChI=1S/C12H14FNO2/c13-10(7-12(15)16)8-14-6-5-9-3-1-2-4-11(9)14/h1-4,10H,5-8H2,(H,15,16). The number of fused-ring (bicyclic) bond motifs is 1. The van der Waals surface area contributed by atoms with Crippen molar-refractivity contribution < 1.29 is 14.3 Å². The summed E-state index contributed by atoms with van der Waals surface area (Å²) in [5, 5.41) is 8.49. The summed E-state index contributed by atoms with van der Waals surface area (Å²) >= 11 is 0. The Morgan fingerprint density at radius 3 is 3.00 bits per heavy atom. The summed E-state index contributed by atoms with van der Waals surface area (Å²) in [4.78, 5) is 12.3. The second-order valence-electron chi connectivity index (χ2n) is 4.02. The summed E-state index contributed by atoms with van der Waals surface area (Å²) in [6, 6.07) is 7.86. The quantitative estimate of drug-likeness (QED) is 0.847. The van der Waals surface area contributed by atoms with Crippen LogP contribution < -0.4 is 4.90 Å². The van der Waals surface area contributed by atoms with Crippen molar-refractivity contribution in [1.29, 1.82) is 0 Å². The lowest BCUT2D eigenvalue weighted by molar-refractivity contribution is -0.138. The highest BCUT2D eigenvalue weighted by atomic mass is 19.1. The average molecular weight is 223 g/mol. The van der Waals surface area contributed by atoms with Crippen molar-refractivity contribution in [2.45, 2.75) is 19.0 Å². The maximum atomic E-state index is 13.4. The van der Waals surface area contributed by atoms with Crippen LogP contribution in [0.3, 0.4) is 0 Å². The fraction of sp³-hybridized carbons (Fsp3) is 0.417. The number of benzene rings is 1. The number of para-hydroxylation sites is 1. The van der Waals surface area contributed by atoms with Crippen molar-refractivity contribution in [2.75, 3.05) is 18.0 Å². The molecule has 0 aliphatic carbocycles. The van der Waals surface area contributed by atoms with Gasteiger partial charge in [0.15, 0.2) is 0 Å². The van der Waals surface area contributed by atoms with Gasteiger partial charge in [0.2, 0.25) is 0 Å². The highest BCUT2D eigenvalue weighted by Crippen LogP contribution is 2.27. The number of alkyl halides is 1. The zero-order valence-corrected chi connectivity index (χ0v) is 8.90. The highest BCUT2D eigenvalue weighted by Gasteiger charge is 2.22. The molecule has 0 saturated heterocycles. The van der Waals surface area contributed by atoms with Gasteiger partial charge in [0.1, 0.15) is 6.17 Å². The minimum Gasteiger partial charge on any atom is -0.481 e. The molecule has 1 heterocycles. The minimum absolute atomic E-state index is 0.170. The fourth-order valence-corrected chi connectivity index (χ4v) is 2.09. The minimum atomic E-state index is -1.30. The summed E-state index contributed by atoms with van der Waals surface area (Å²) in [6.07, 6.45) is -0.807. The van der Waals surface area contributed by atoms with Gasteiger partial charge >= 0.3 is 5.97 Å². The van der Waals surface area contributed by atoms with Crippen LogP contribution in [0.1, 0.15) is 12.0 Å². The van der Waals surface area contributed by atoms with Crippen LogP contribution in [-0.2, 0) is 11.2 Å². The SMILES string of the molecule is O=C(O)CC(F)CN1CCc2ccccc21. The van der Waals surface area contributed by atoms with E-state index in [1.807, 2.05) is 29.2 Å². The lowest BCUT2D eigenvalue weighted by Crippen LogP contribution is -2.30. The molecular formula is C12H14FNO2. The number of carboxylic acid groups (broad SMARTS) is 1. The van der Waals surface area contributed by atoms with Crippen LogP contribution in [0.15, 0.2) is 24.3 Å². The Kier molecular flexibility index (Phi) is 3.08. The number of halogens is 1. The molecule has 0 saturated carbocycles. The molecular weight excluding hydrogens is 209 g/mol. The molecule has 1 unspecified atom stereocenters. The normalized spacial score (nSPS) is 15.9. The fourth-order valence-electron chi connectivity index (χ4n) is 2.09. The Morgan fingerprint density at radius 1 is 1.50 bits per heavy atom. The Bertz CT molecular complexity index is 394. The molecule has 0 bridgehead atoms. The summed E-state index contributed by atoms with van der Waals surface area (Å²) < 4.78 is 13.4. The van der Waals surface area contributed by atoms with Crippen molar-refractivity contribution in [3.05, 3.63) is 29.8 Å². The van der Waals surface area contributed by atoms with Gasteiger partial charge in [-0.05, 0) is 18.1 Å². The van der Waals surface area contributed by atoms with E-state index >= 15 is 0 Å². The number of hydrogen-bond donors (Lipinski definition) is 1. The number of carboxylic acids is 1. The van der Waals surface area contributed by atoms with E-state index in [0.29, 0.717) is 0 Å². The van der Waals surface area contributed by atoms with Crippen LogP contribution in [0, 0.1) is 0 Å². The molecule has 0 amide bonds. The van der Waals surface area contributed by atoms with Gasteiger partial charge in [0, 0.05) is 18.8 Å². The first kappa shape index (κ1) is 10.9. The molecule has 4 heteroatoms. The van der Waals surface area contributed by atoms with E-state index < -0.39 is 18.6 Å². The third-order valence-electron chi connectivity index (χ3n) is 2.80.